The summed E-state index contributed by atoms with van der Waals surface area (Å²) in [6.45, 7) is 4.06. The molecule has 1 radical (unpaired) electrons. The fraction of sp³-hybridized carbons (Fsp3) is 0.857. The van der Waals surface area contributed by atoms with E-state index in [1.165, 1.54) is 6.41 Å². The smallest absolute Gasteiger partial charge is 0.309 e. The number of hydrogen-bond acceptors (Lipinski definition) is 2. The Kier molecular flexibility index (Phi) is 4.03. The zero-order chi connectivity index (χ0) is 8.04. The minimum Gasteiger partial charge on any atom is -0.388 e. The second kappa shape index (κ2) is 4.28. The second-order valence-corrected chi connectivity index (χ2v) is 2.39. The van der Waals surface area contributed by atoms with Crippen molar-refractivity contribution in [2.75, 3.05) is 6.54 Å². The average molecular weight is 144 g/mol. The summed E-state index contributed by atoms with van der Waals surface area (Å²) >= 11 is 0. The zero-order valence-corrected chi connectivity index (χ0v) is 6.48. The molecule has 0 aromatic rings. The first-order valence-corrected chi connectivity index (χ1v) is 3.51. The van der Waals surface area contributed by atoms with Crippen molar-refractivity contribution in [2.24, 2.45) is 0 Å². The highest BCUT2D eigenvalue weighted by atomic mass is 16.3. The number of aliphatic hydroxyl groups is 1. The Balaban J connectivity index is 3.68. The van der Waals surface area contributed by atoms with Gasteiger partial charge in [-0.1, -0.05) is 13.8 Å². The molecule has 0 aliphatic rings. The topological polar surface area (TPSA) is 49.3 Å². The largest absolute Gasteiger partial charge is 0.388 e. The molecule has 0 heterocycles. The fourth-order valence-electron chi connectivity index (χ4n) is 0.701. The summed E-state index contributed by atoms with van der Waals surface area (Å²) in [6, 6.07) is 0. The van der Waals surface area contributed by atoms with Crippen LogP contribution in [0.4, 0.5) is 0 Å². The zero-order valence-electron chi connectivity index (χ0n) is 6.48. The van der Waals surface area contributed by atoms with E-state index in [2.05, 4.69) is 5.32 Å². The number of rotatable bonds is 5. The van der Waals surface area contributed by atoms with Crippen LogP contribution in [0.1, 0.15) is 26.7 Å². The van der Waals surface area contributed by atoms with Gasteiger partial charge in [-0.15, -0.1) is 0 Å². The van der Waals surface area contributed by atoms with Gasteiger partial charge in [0.2, 0.25) is 0 Å². The van der Waals surface area contributed by atoms with Crippen molar-refractivity contribution in [2.45, 2.75) is 32.3 Å². The first-order chi connectivity index (χ1) is 4.68. The minimum atomic E-state index is -0.739. The van der Waals surface area contributed by atoms with Crippen molar-refractivity contribution >= 4 is 6.41 Å². The average Bonchev–Trinajstić information content (AvgIpc) is 2.00. The van der Waals surface area contributed by atoms with Crippen LogP contribution in [0.3, 0.4) is 0 Å². The quantitative estimate of drug-likeness (QED) is 0.541. The molecule has 3 heteroatoms. The summed E-state index contributed by atoms with van der Waals surface area (Å²) in [5, 5.41) is 11.9. The van der Waals surface area contributed by atoms with Gasteiger partial charge in [0.15, 0.2) is 0 Å². The highest BCUT2D eigenvalue weighted by Crippen LogP contribution is 2.12. The van der Waals surface area contributed by atoms with Gasteiger partial charge in [-0.25, -0.2) is 0 Å². The molecule has 10 heavy (non-hydrogen) atoms. The molecule has 0 bridgehead atoms. The van der Waals surface area contributed by atoms with Crippen molar-refractivity contribution in [3.63, 3.8) is 0 Å². The predicted octanol–water partition coefficient (Wildman–Crippen LogP) is 0.194. The first-order valence-electron chi connectivity index (χ1n) is 3.51. The van der Waals surface area contributed by atoms with E-state index in [9.17, 15) is 9.90 Å². The van der Waals surface area contributed by atoms with Gasteiger partial charge in [0.05, 0.1) is 5.60 Å². The van der Waals surface area contributed by atoms with Gasteiger partial charge in [-0.05, 0) is 12.8 Å². The van der Waals surface area contributed by atoms with Crippen molar-refractivity contribution in [3.8, 4) is 0 Å². The lowest BCUT2D eigenvalue weighted by atomic mass is 9.98. The monoisotopic (exact) mass is 144 g/mol. The lowest BCUT2D eigenvalue weighted by molar-refractivity contribution is 0.0368. The normalized spacial score (nSPS) is 11.1. The molecular weight excluding hydrogens is 130 g/mol. The van der Waals surface area contributed by atoms with Crippen LogP contribution in [0, 0.1) is 0 Å². The number of nitrogens with one attached hydrogen (secondary N) is 1. The Morgan fingerprint density at radius 1 is 1.50 bits per heavy atom. The molecule has 0 atom stereocenters. The Labute approximate surface area is 61.4 Å². The van der Waals surface area contributed by atoms with Crippen molar-refractivity contribution in [1.29, 1.82) is 0 Å². The maximum Gasteiger partial charge on any atom is 0.309 e. The van der Waals surface area contributed by atoms with E-state index < -0.39 is 5.60 Å². The molecule has 0 aromatic heterocycles. The van der Waals surface area contributed by atoms with E-state index in [4.69, 9.17) is 0 Å². The van der Waals surface area contributed by atoms with E-state index in [1.807, 2.05) is 13.8 Å². The van der Waals surface area contributed by atoms with Crippen molar-refractivity contribution in [3.05, 3.63) is 0 Å². The summed E-state index contributed by atoms with van der Waals surface area (Å²) < 4.78 is 0. The third kappa shape index (κ3) is 2.82. The Bertz CT molecular complexity index is 99.8. The van der Waals surface area contributed by atoms with Crippen molar-refractivity contribution < 1.29 is 9.90 Å². The summed E-state index contributed by atoms with van der Waals surface area (Å²) in [4.78, 5) is 9.74. The molecule has 59 valence electrons. The lowest BCUT2D eigenvalue weighted by Gasteiger charge is -2.23. The third-order valence-electron chi connectivity index (χ3n) is 1.81. The molecule has 0 aliphatic heterocycles. The molecule has 2 N–H and O–H groups in total. The Morgan fingerprint density at radius 2 is 2.00 bits per heavy atom. The Hall–Kier alpha value is -0.570. The van der Waals surface area contributed by atoms with Crippen LogP contribution in [0.2, 0.25) is 0 Å². The SMILES string of the molecule is CCC(O)(CC)CN[C]=O. The molecule has 0 spiro atoms. The van der Waals surface area contributed by atoms with Crippen LogP contribution in [-0.4, -0.2) is 23.7 Å². The van der Waals surface area contributed by atoms with E-state index in [0.29, 0.717) is 19.4 Å². The van der Waals surface area contributed by atoms with Crippen LogP contribution in [-0.2, 0) is 4.79 Å². The third-order valence-corrected chi connectivity index (χ3v) is 1.81. The van der Waals surface area contributed by atoms with Crippen LogP contribution in [0.15, 0.2) is 0 Å². The van der Waals surface area contributed by atoms with Gasteiger partial charge in [0, 0.05) is 6.54 Å². The van der Waals surface area contributed by atoms with E-state index in [0.717, 1.165) is 0 Å². The summed E-state index contributed by atoms with van der Waals surface area (Å²) in [7, 11) is 0. The van der Waals surface area contributed by atoms with Gasteiger partial charge >= 0.3 is 6.41 Å². The molecule has 0 rings (SSSR count). The highest BCUT2D eigenvalue weighted by molar-refractivity contribution is 5.47. The van der Waals surface area contributed by atoms with Gasteiger partial charge in [0.1, 0.15) is 0 Å². The summed E-state index contributed by atoms with van der Waals surface area (Å²) in [6.07, 6.45) is 2.83. The Morgan fingerprint density at radius 3 is 2.30 bits per heavy atom. The predicted molar refractivity (Wildman–Crippen MR) is 39.2 cm³/mol. The van der Waals surface area contributed by atoms with E-state index in [1.54, 1.807) is 0 Å². The molecule has 3 nitrogen and oxygen atoms in total. The minimum absolute atomic E-state index is 0.295. The molecule has 0 aromatic carbocycles. The summed E-state index contributed by atoms with van der Waals surface area (Å²) in [5.74, 6) is 0. The van der Waals surface area contributed by atoms with Crippen LogP contribution >= 0.6 is 0 Å². The van der Waals surface area contributed by atoms with E-state index in [-0.39, 0.29) is 0 Å². The molecule has 0 aliphatic carbocycles. The molecule has 0 fully saturated rings. The van der Waals surface area contributed by atoms with Crippen LogP contribution < -0.4 is 5.32 Å². The van der Waals surface area contributed by atoms with Gasteiger partial charge in [-0.3, -0.25) is 4.79 Å². The standard InChI is InChI=1S/C7H14NO2/c1-3-7(10,4-2)5-8-6-9/h10H,3-5H2,1-2H3,(H,8,9). The van der Waals surface area contributed by atoms with Gasteiger partial charge in [0.25, 0.3) is 0 Å². The number of carbonyl (C=O) groups excluding carboxylic acids is 1. The van der Waals surface area contributed by atoms with E-state index >= 15 is 0 Å². The van der Waals surface area contributed by atoms with Crippen LogP contribution in [0.25, 0.3) is 0 Å². The summed E-state index contributed by atoms with van der Waals surface area (Å²) in [5.41, 5.74) is -0.739. The molecule has 1 amide bonds. The number of amides is 1. The van der Waals surface area contributed by atoms with Gasteiger partial charge < -0.3 is 10.4 Å². The second-order valence-electron chi connectivity index (χ2n) is 2.39. The van der Waals surface area contributed by atoms with Crippen LogP contribution in [0.5, 0.6) is 0 Å². The highest BCUT2D eigenvalue weighted by Gasteiger charge is 2.20. The number of hydrogen-bond donors (Lipinski definition) is 2. The maximum atomic E-state index is 9.74. The van der Waals surface area contributed by atoms with Gasteiger partial charge in [-0.2, -0.15) is 0 Å². The molecule has 0 unspecified atom stereocenters. The first kappa shape index (κ1) is 9.43. The lowest BCUT2D eigenvalue weighted by Crippen LogP contribution is -2.38. The molecular formula is C7H14NO2. The fourth-order valence-corrected chi connectivity index (χ4v) is 0.701. The molecule has 0 saturated carbocycles. The van der Waals surface area contributed by atoms with Crippen molar-refractivity contribution in [1.82, 2.24) is 5.32 Å². The maximum absolute atomic E-state index is 9.74. The molecule has 0 saturated heterocycles.